The Morgan fingerprint density at radius 3 is 2.23 bits per heavy atom. The number of hydrogen-bond acceptors (Lipinski definition) is 4. The second-order valence-electron chi connectivity index (χ2n) is 6.36. The summed E-state index contributed by atoms with van der Waals surface area (Å²) in [6.07, 6.45) is -4.56. The first-order chi connectivity index (χ1) is 13.6. The van der Waals surface area contributed by atoms with Crippen molar-refractivity contribution in [3.05, 3.63) is 59.2 Å². The Kier molecular flexibility index (Phi) is 6.40. The smallest absolute Gasteiger partial charge is 0.275 e. The molecule has 0 aliphatic rings. The molecule has 0 bridgehead atoms. The van der Waals surface area contributed by atoms with E-state index in [2.05, 4.69) is 5.10 Å². The average molecular weight is 453 g/mol. The summed E-state index contributed by atoms with van der Waals surface area (Å²) in [7, 11) is -4.31. The lowest BCUT2D eigenvalue weighted by Crippen LogP contribution is -2.30. The summed E-state index contributed by atoms with van der Waals surface area (Å²) in [5.74, 6) is 0. The molecule has 2 rings (SSSR count). The molecule has 0 aliphatic carbocycles. The number of halogens is 6. The zero-order valence-corrected chi connectivity index (χ0v) is 16.7. The number of anilines is 2. The van der Waals surface area contributed by atoms with Gasteiger partial charge in [-0.15, -0.1) is 0 Å². The van der Waals surface area contributed by atoms with E-state index >= 15 is 0 Å². The number of nitrogens with zero attached hydrogens (tertiary/aromatic N) is 2. The number of aryl methyl sites for hydroxylation is 1. The van der Waals surface area contributed by atoms with Gasteiger partial charge in [0.05, 0.1) is 22.6 Å². The third kappa shape index (κ3) is 5.43. The molecular formula is C18H17F6N3O2S. The van der Waals surface area contributed by atoms with Crippen LogP contribution in [0.4, 0.5) is 37.7 Å². The summed E-state index contributed by atoms with van der Waals surface area (Å²) >= 11 is 0. The topological polar surface area (TPSA) is 61.8 Å². The number of nitrogens with one attached hydrogen (secondary N) is 1. The van der Waals surface area contributed by atoms with Crippen molar-refractivity contribution < 1.29 is 34.8 Å². The Morgan fingerprint density at radius 2 is 1.67 bits per heavy atom. The predicted molar refractivity (Wildman–Crippen MR) is 102 cm³/mol. The lowest BCUT2D eigenvalue weighted by molar-refractivity contribution is -0.137. The molecule has 0 atom stereocenters. The van der Waals surface area contributed by atoms with E-state index in [0.29, 0.717) is 5.56 Å². The Bertz CT molecular complexity index is 1060. The molecule has 164 valence electrons. The number of sulfonamides is 1. The molecule has 30 heavy (non-hydrogen) atoms. The molecule has 2 aromatic carbocycles. The van der Waals surface area contributed by atoms with E-state index in [0.717, 1.165) is 23.2 Å². The van der Waals surface area contributed by atoms with Crippen molar-refractivity contribution in [3.63, 3.8) is 0 Å². The third-order valence-electron chi connectivity index (χ3n) is 3.96. The van der Waals surface area contributed by atoms with Crippen molar-refractivity contribution >= 4 is 27.1 Å². The van der Waals surface area contributed by atoms with Gasteiger partial charge in [-0.2, -0.15) is 39.9 Å². The van der Waals surface area contributed by atoms with Crippen molar-refractivity contribution in [1.29, 1.82) is 0 Å². The fourth-order valence-corrected chi connectivity index (χ4v) is 3.05. The van der Waals surface area contributed by atoms with Crippen molar-refractivity contribution in [2.24, 2.45) is 5.10 Å². The lowest BCUT2D eigenvalue weighted by Gasteiger charge is -2.18. The van der Waals surface area contributed by atoms with Gasteiger partial charge in [-0.3, -0.25) is 9.73 Å². The fourth-order valence-electron chi connectivity index (χ4n) is 2.47. The number of hydrogen-bond donors (Lipinski definition) is 1. The van der Waals surface area contributed by atoms with Crippen LogP contribution < -0.4 is 9.73 Å². The van der Waals surface area contributed by atoms with Crippen LogP contribution in [0.1, 0.15) is 23.6 Å². The first-order valence-electron chi connectivity index (χ1n) is 8.28. The zero-order valence-electron chi connectivity index (χ0n) is 15.9. The molecule has 0 spiro atoms. The Balaban J connectivity index is 2.44. The van der Waals surface area contributed by atoms with E-state index in [-0.39, 0.29) is 22.6 Å². The van der Waals surface area contributed by atoms with Crippen molar-refractivity contribution in [2.75, 3.05) is 16.8 Å². The summed E-state index contributed by atoms with van der Waals surface area (Å²) in [5.41, 5.74) is -5.97. The molecule has 0 saturated heterocycles. The van der Waals surface area contributed by atoms with E-state index in [1.807, 2.05) is 0 Å². The standard InChI is InChI=1S/C18H17F6N3O2S/c1-11-7-8-16(26-30(28,29)18(22,23)24)15(9-11)12(2)25-27(3)14-6-4-5-13(10-14)17(19,20)21/h4-10,26H,1-3H3/b25-12+. The van der Waals surface area contributed by atoms with Crippen LogP contribution in [0.3, 0.4) is 0 Å². The van der Waals surface area contributed by atoms with Gasteiger partial charge in [-0.05, 0) is 44.2 Å². The van der Waals surface area contributed by atoms with E-state index < -0.39 is 27.3 Å². The van der Waals surface area contributed by atoms with Crippen molar-refractivity contribution in [3.8, 4) is 0 Å². The highest BCUT2D eigenvalue weighted by molar-refractivity contribution is 7.93. The van der Waals surface area contributed by atoms with Crippen LogP contribution >= 0.6 is 0 Å². The first kappa shape index (κ1) is 23.5. The third-order valence-corrected chi connectivity index (χ3v) is 5.06. The molecule has 0 amide bonds. The SMILES string of the molecule is C/C(=N\N(C)c1cccc(C(F)(F)F)c1)c1cc(C)ccc1NS(=O)(=O)C(F)(F)F. The number of rotatable bonds is 5. The molecule has 12 heteroatoms. The molecule has 0 radical (unpaired) electrons. The van der Waals surface area contributed by atoms with Crippen molar-refractivity contribution in [2.45, 2.75) is 25.5 Å². The summed E-state index contributed by atoms with van der Waals surface area (Å²) in [6, 6.07) is 8.27. The summed E-state index contributed by atoms with van der Waals surface area (Å²) in [4.78, 5) is 0. The van der Waals surface area contributed by atoms with Crippen LogP contribution in [0.5, 0.6) is 0 Å². The fraction of sp³-hybridized carbons (Fsp3) is 0.278. The largest absolute Gasteiger partial charge is 0.516 e. The predicted octanol–water partition coefficient (Wildman–Crippen LogP) is 5.14. The normalized spacial score (nSPS) is 13.3. The number of alkyl halides is 6. The monoisotopic (exact) mass is 453 g/mol. The molecule has 0 heterocycles. The maximum absolute atomic E-state index is 12.9. The summed E-state index contributed by atoms with van der Waals surface area (Å²) < 4.78 is 101. The van der Waals surface area contributed by atoms with Gasteiger partial charge in [-0.1, -0.05) is 17.7 Å². The van der Waals surface area contributed by atoms with Gasteiger partial charge < -0.3 is 0 Å². The number of hydrazone groups is 1. The molecular weight excluding hydrogens is 436 g/mol. The van der Waals surface area contributed by atoms with Gasteiger partial charge in [0.2, 0.25) is 0 Å². The highest BCUT2D eigenvalue weighted by Gasteiger charge is 2.46. The van der Waals surface area contributed by atoms with E-state index in [4.69, 9.17) is 0 Å². The first-order valence-corrected chi connectivity index (χ1v) is 9.76. The van der Waals surface area contributed by atoms with Gasteiger partial charge in [-0.25, -0.2) is 0 Å². The highest BCUT2D eigenvalue weighted by Crippen LogP contribution is 2.32. The molecule has 1 N–H and O–H groups in total. The Hall–Kier alpha value is -2.76. The van der Waals surface area contributed by atoms with E-state index in [1.165, 1.54) is 43.0 Å². The van der Waals surface area contributed by atoms with Crippen LogP contribution in [0.2, 0.25) is 0 Å². The molecule has 0 aromatic heterocycles. The lowest BCUT2D eigenvalue weighted by atomic mass is 10.1. The van der Waals surface area contributed by atoms with Crippen LogP contribution in [-0.4, -0.2) is 26.7 Å². The minimum atomic E-state index is -5.67. The van der Waals surface area contributed by atoms with Crippen LogP contribution in [0, 0.1) is 6.92 Å². The van der Waals surface area contributed by atoms with Gasteiger partial charge in [0, 0.05) is 12.6 Å². The quantitative estimate of drug-likeness (QED) is 0.388. The zero-order chi connectivity index (χ0) is 22.9. The van der Waals surface area contributed by atoms with Gasteiger partial charge >= 0.3 is 21.7 Å². The Labute approximate surface area is 169 Å². The second kappa shape index (κ2) is 8.17. The van der Waals surface area contributed by atoms with Gasteiger partial charge in [0.15, 0.2) is 0 Å². The average Bonchev–Trinajstić information content (AvgIpc) is 2.61. The molecule has 0 fully saturated rings. The molecule has 0 saturated carbocycles. The maximum Gasteiger partial charge on any atom is 0.516 e. The van der Waals surface area contributed by atoms with E-state index in [1.54, 1.807) is 6.92 Å². The van der Waals surface area contributed by atoms with Gasteiger partial charge in [0.25, 0.3) is 0 Å². The Morgan fingerprint density at radius 1 is 1.03 bits per heavy atom. The molecule has 0 aliphatic heterocycles. The highest BCUT2D eigenvalue weighted by atomic mass is 32.2. The maximum atomic E-state index is 12.9. The second-order valence-corrected chi connectivity index (χ2v) is 8.03. The molecule has 2 aromatic rings. The van der Waals surface area contributed by atoms with E-state index in [9.17, 15) is 34.8 Å². The van der Waals surface area contributed by atoms with Gasteiger partial charge in [0.1, 0.15) is 0 Å². The minimum Gasteiger partial charge on any atom is -0.275 e. The van der Waals surface area contributed by atoms with Crippen LogP contribution in [0.15, 0.2) is 47.6 Å². The van der Waals surface area contributed by atoms with Crippen LogP contribution in [0.25, 0.3) is 0 Å². The molecule has 0 unspecified atom stereocenters. The van der Waals surface area contributed by atoms with Crippen molar-refractivity contribution in [1.82, 2.24) is 0 Å². The summed E-state index contributed by atoms with van der Waals surface area (Å²) in [6.45, 7) is 3.03. The summed E-state index contributed by atoms with van der Waals surface area (Å²) in [5, 5.41) is 5.21. The molecule has 5 nitrogen and oxygen atoms in total. The van der Waals surface area contributed by atoms with Crippen LogP contribution in [-0.2, 0) is 16.2 Å². The minimum absolute atomic E-state index is 0.0432. The number of benzene rings is 2.